The molecule has 0 saturated carbocycles. The average molecular weight is 441 g/mol. The summed E-state index contributed by atoms with van der Waals surface area (Å²) in [6.07, 6.45) is 0. The zero-order valence-electron chi connectivity index (χ0n) is 17.5. The maximum Gasteiger partial charge on any atom is 0.261 e. The molecule has 1 amide bonds. The Balaban J connectivity index is 1.78. The monoisotopic (exact) mass is 440 g/mol. The zero-order valence-corrected chi connectivity index (χ0v) is 18.3. The van der Waals surface area contributed by atoms with E-state index in [1.807, 2.05) is 6.92 Å². The molecule has 3 aromatic rings. The number of carbonyl (C=O) groups is 1. The van der Waals surface area contributed by atoms with Crippen LogP contribution >= 0.6 is 0 Å². The van der Waals surface area contributed by atoms with Crippen LogP contribution in [0.15, 0.2) is 77.7 Å². The average Bonchev–Trinajstić information content (AvgIpc) is 2.79. The van der Waals surface area contributed by atoms with E-state index in [-0.39, 0.29) is 16.8 Å². The summed E-state index contributed by atoms with van der Waals surface area (Å²) in [5.41, 5.74) is 1.38. The van der Waals surface area contributed by atoms with Crippen LogP contribution in [0.5, 0.6) is 11.5 Å². The Bertz CT molecular complexity index is 1160. The predicted molar refractivity (Wildman–Crippen MR) is 119 cm³/mol. The van der Waals surface area contributed by atoms with Crippen LogP contribution in [0.1, 0.15) is 28.9 Å². The fourth-order valence-corrected chi connectivity index (χ4v) is 4.14. The van der Waals surface area contributed by atoms with Gasteiger partial charge in [-0.05, 0) is 55.5 Å². The number of benzene rings is 3. The van der Waals surface area contributed by atoms with Gasteiger partial charge in [0, 0.05) is 16.8 Å². The Kier molecular flexibility index (Phi) is 6.81. The van der Waals surface area contributed by atoms with Crippen molar-refractivity contribution in [1.82, 2.24) is 5.32 Å². The normalized spacial score (nSPS) is 12.0. The number of hydrogen-bond acceptors (Lipinski definition) is 5. The maximum absolute atomic E-state index is 12.8. The van der Waals surface area contributed by atoms with E-state index < -0.39 is 10.0 Å². The first kappa shape index (κ1) is 22.2. The van der Waals surface area contributed by atoms with E-state index in [0.29, 0.717) is 22.7 Å². The quantitative estimate of drug-likeness (QED) is 0.552. The molecule has 3 aromatic carbocycles. The highest BCUT2D eigenvalue weighted by Gasteiger charge is 2.18. The molecule has 2 N–H and O–H groups in total. The minimum Gasteiger partial charge on any atom is -0.497 e. The summed E-state index contributed by atoms with van der Waals surface area (Å²) < 4.78 is 38.2. The fraction of sp³-hybridized carbons (Fsp3) is 0.174. The van der Waals surface area contributed by atoms with Gasteiger partial charge in [0.15, 0.2) is 0 Å². The third kappa shape index (κ3) is 5.35. The summed E-state index contributed by atoms with van der Waals surface area (Å²) in [5.74, 6) is 0.922. The number of carbonyl (C=O) groups excluding carboxylic acids is 1. The molecule has 8 heteroatoms. The maximum atomic E-state index is 12.8. The molecule has 1 atom stereocenters. The summed E-state index contributed by atoms with van der Waals surface area (Å²) in [4.78, 5) is 13.0. The Morgan fingerprint density at radius 3 is 2.32 bits per heavy atom. The van der Waals surface area contributed by atoms with Crippen LogP contribution in [0.3, 0.4) is 0 Å². The molecule has 31 heavy (non-hydrogen) atoms. The Hall–Kier alpha value is -3.52. The molecule has 0 heterocycles. The first-order valence-corrected chi connectivity index (χ1v) is 11.0. The van der Waals surface area contributed by atoms with Crippen molar-refractivity contribution in [2.24, 2.45) is 0 Å². The van der Waals surface area contributed by atoms with Crippen LogP contribution < -0.4 is 19.5 Å². The molecule has 0 bridgehead atoms. The topological polar surface area (TPSA) is 93.7 Å². The van der Waals surface area contributed by atoms with Gasteiger partial charge in [-0.25, -0.2) is 8.42 Å². The molecule has 0 aliphatic rings. The molecule has 162 valence electrons. The molecule has 0 aliphatic carbocycles. The van der Waals surface area contributed by atoms with Gasteiger partial charge in [0.1, 0.15) is 11.5 Å². The van der Waals surface area contributed by atoms with Gasteiger partial charge in [-0.15, -0.1) is 0 Å². The van der Waals surface area contributed by atoms with Crippen LogP contribution in [0.25, 0.3) is 0 Å². The van der Waals surface area contributed by atoms with Gasteiger partial charge in [-0.2, -0.15) is 0 Å². The Labute approximate surface area is 182 Å². The van der Waals surface area contributed by atoms with Crippen molar-refractivity contribution in [3.8, 4) is 11.5 Å². The van der Waals surface area contributed by atoms with E-state index in [2.05, 4.69) is 10.0 Å². The van der Waals surface area contributed by atoms with Crippen LogP contribution in [-0.2, 0) is 10.0 Å². The second-order valence-electron chi connectivity index (χ2n) is 6.80. The van der Waals surface area contributed by atoms with E-state index in [0.717, 1.165) is 5.56 Å². The highest BCUT2D eigenvalue weighted by atomic mass is 32.2. The van der Waals surface area contributed by atoms with Crippen LogP contribution in [-0.4, -0.2) is 28.5 Å². The first-order valence-electron chi connectivity index (χ1n) is 9.55. The minimum atomic E-state index is -3.75. The van der Waals surface area contributed by atoms with E-state index in [1.54, 1.807) is 68.8 Å². The molecule has 0 aliphatic heterocycles. The second-order valence-corrected chi connectivity index (χ2v) is 8.48. The van der Waals surface area contributed by atoms with Gasteiger partial charge < -0.3 is 14.8 Å². The number of sulfonamides is 1. The molecule has 0 radical (unpaired) electrons. The number of rotatable bonds is 8. The number of anilines is 1. The summed E-state index contributed by atoms with van der Waals surface area (Å²) in [7, 11) is -0.627. The molecule has 0 aromatic heterocycles. The summed E-state index contributed by atoms with van der Waals surface area (Å²) in [6.45, 7) is 1.83. The highest BCUT2D eigenvalue weighted by Crippen LogP contribution is 2.29. The summed E-state index contributed by atoms with van der Waals surface area (Å²) in [5, 5.41) is 2.91. The predicted octanol–water partition coefficient (Wildman–Crippen LogP) is 4.00. The van der Waals surface area contributed by atoms with Gasteiger partial charge in [0.25, 0.3) is 15.9 Å². The van der Waals surface area contributed by atoms with E-state index in [4.69, 9.17) is 9.47 Å². The second kappa shape index (κ2) is 9.53. The van der Waals surface area contributed by atoms with Crippen LogP contribution in [0, 0.1) is 0 Å². The number of hydrogen-bond donors (Lipinski definition) is 2. The van der Waals surface area contributed by atoms with Crippen molar-refractivity contribution in [1.29, 1.82) is 0 Å². The lowest BCUT2D eigenvalue weighted by Gasteiger charge is -2.18. The number of methoxy groups -OCH3 is 2. The van der Waals surface area contributed by atoms with Crippen molar-refractivity contribution in [2.45, 2.75) is 17.9 Å². The van der Waals surface area contributed by atoms with E-state index in [9.17, 15) is 13.2 Å². The highest BCUT2D eigenvalue weighted by molar-refractivity contribution is 7.92. The molecule has 0 unspecified atom stereocenters. The molecular weight excluding hydrogens is 416 g/mol. The van der Waals surface area contributed by atoms with Crippen LogP contribution in [0.2, 0.25) is 0 Å². The molecule has 7 nitrogen and oxygen atoms in total. The zero-order chi connectivity index (χ0) is 22.4. The third-order valence-electron chi connectivity index (χ3n) is 4.68. The molecule has 0 fully saturated rings. The molecule has 0 spiro atoms. The largest absolute Gasteiger partial charge is 0.497 e. The standard InChI is InChI=1S/C23H24N2O5S/c1-16(21-15-19(29-2)12-13-22(21)30-3)24-23(26)17-8-7-9-18(14-17)25-31(27,28)20-10-5-4-6-11-20/h4-16,25H,1-3H3,(H,24,26)/t16-/m0/s1. The lowest BCUT2D eigenvalue weighted by molar-refractivity contribution is 0.0939. The third-order valence-corrected chi connectivity index (χ3v) is 6.08. The number of ether oxygens (including phenoxy) is 2. The first-order chi connectivity index (χ1) is 14.8. The Morgan fingerprint density at radius 2 is 1.65 bits per heavy atom. The molecule has 3 rings (SSSR count). The van der Waals surface area contributed by atoms with Gasteiger partial charge in [-0.3, -0.25) is 9.52 Å². The van der Waals surface area contributed by atoms with Gasteiger partial charge in [-0.1, -0.05) is 24.3 Å². The van der Waals surface area contributed by atoms with Gasteiger partial charge in [0.2, 0.25) is 0 Å². The summed E-state index contributed by atoms with van der Waals surface area (Å²) in [6, 6.07) is 19.3. The van der Waals surface area contributed by atoms with Crippen molar-refractivity contribution in [2.75, 3.05) is 18.9 Å². The van der Waals surface area contributed by atoms with Crippen LogP contribution in [0.4, 0.5) is 5.69 Å². The Morgan fingerprint density at radius 1 is 0.903 bits per heavy atom. The lowest BCUT2D eigenvalue weighted by Crippen LogP contribution is -2.27. The molecular formula is C23H24N2O5S. The molecule has 0 saturated heterocycles. The fourth-order valence-electron chi connectivity index (χ4n) is 3.07. The van der Waals surface area contributed by atoms with Crippen molar-refractivity contribution in [3.63, 3.8) is 0 Å². The van der Waals surface area contributed by atoms with E-state index in [1.165, 1.54) is 18.2 Å². The summed E-state index contributed by atoms with van der Waals surface area (Å²) >= 11 is 0. The van der Waals surface area contributed by atoms with Crippen molar-refractivity contribution >= 4 is 21.6 Å². The van der Waals surface area contributed by atoms with Crippen molar-refractivity contribution < 1.29 is 22.7 Å². The lowest BCUT2D eigenvalue weighted by atomic mass is 10.1. The number of nitrogens with one attached hydrogen (secondary N) is 2. The van der Waals surface area contributed by atoms with Crippen molar-refractivity contribution in [3.05, 3.63) is 83.9 Å². The minimum absolute atomic E-state index is 0.142. The van der Waals surface area contributed by atoms with Gasteiger partial charge in [0.05, 0.1) is 25.2 Å². The number of amides is 1. The SMILES string of the molecule is COc1ccc(OC)c([C@H](C)NC(=O)c2cccc(NS(=O)(=O)c3ccccc3)c2)c1. The smallest absolute Gasteiger partial charge is 0.261 e. The van der Waals surface area contributed by atoms with Gasteiger partial charge >= 0.3 is 0 Å². The van der Waals surface area contributed by atoms with E-state index >= 15 is 0 Å².